The summed E-state index contributed by atoms with van der Waals surface area (Å²) in [7, 11) is 1.60. The Morgan fingerprint density at radius 2 is 1.59 bits per heavy atom. The van der Waals surface area contributed by atoms with Gasteiger partial charge < -0.3 is 4.74 Å². The van der Waals surface area contributed by atoms with Crippen LogP contribution in [-0.2, 0) is 24.9 Å². The van der Waals surface area contributed by atoms with Crippen molar-refractivity contribution in [2.75, 3.05) is 0 Å². The first-order chi connectivity index (χ1) is 17.9. The van der Waals surface area contributed by atoms with E-state index in [1.807, 2.05) is 30.3 Å². The van der Waals surface area contributed by atoms with Crippen LogP contribution in [0.3, 0.4) is 0 Å². The maximum Gasteiger partial charge on any atom is 0.338 e. The van der Waals surface area contributed by atoms with E-state index in [2.05, 4.69) is 10.2 Å². The lowest BCUT2D eigenvalue weighted by Gasteiger charge is -2.13. The molecule has 1 aliphatic heterocycles. The minimum atomic E-state index is -0.685. The van der Waals surface area contributed by atoms with Crippen LogP contribution >= 0.6 is 0 Å². The molecule has 6 rings (SSSR count). The number of hydrogen-bond donors (Lipinski definition) is 0. The zero-order valence-electron chi connectivity index (χ0n) is 19.6. The van der Waals surface area contributed by atoms with Crippen LogP contribution in [0.2, 0.25) is 0 Å². The van der Waals surface area contributed by atoms with Crippen molar-refractivity contribution in [1.29, 1.82) is 0 Å². The van der Waals surface area contributed by atoms with Gasteiger partial charge in [-0.05, 0) is 35.9 Å². The highest BCUT2D eigenvalue weighted by molar-refractivity contribution is 6.21. The molecule has 182 valence electrons. The number of esters is 1. The van der Waals surface area contributed by atoms with Gasteiger partial charge in [0.1, 0.15) is 0 Å². The summed E-state index contributed by atoms with van der Waals surface area (Å²) in [4.78, 5) is 52.4. The second-order valence-electron chi connectivity index (χ2n) is 8.65. The van der Waals surface area contributed by atoms with Gasteiger partial charge in [0.05, 0.1) is 34.1 Å². The third-order valence-corrected chi connectivity index (χ3v) is 6.42. The summed E-state index contributed by atoms with van der Waals surface area (Å²) in [5, 5.41) is 8.68. The third kappa shape index (κ3) is 3.57. The highest BCUT2D eigenvalue weighted by Gasteiger charge is 2.36. The molecule has 0 unspecified atom stereocenters. The van der Waals surface area contributed by atoms with Gasteiger partial charge in [0, 0.05) is 7.05 Å². The molecule has 0 saturated carbocycles. The van der Waals surface area contributed by atoms with E-state index >= 15 is 0 Å². The molecule has 5 aromatic rings. The molecule has 0 saturated heterocycles. The van der Waals surface area contributed by atoms with Crippen molar-refractivity contribution >= 4 is 34.5 Å². The van der Waals surface area contributed by atoms with Crippen molar-refractivity contribution in [3.05, 3.63) is 111 Å². The number of benzene rings is 3. The molecule has 37 heavy (non-hydrogen) atoms. The third-order valence-electron chi connectivity index (χ3n) is 6.42. The molecule has 3 aromatic carbocycles. The van der Waals surface area contributed by atoms with E-state index in [1.165, 1.54) is 22.8 Å². The molecule has 1 aliphatic rings. The van der Waals surface area contributed by atoms with Crippen LogP contribution in [-0.4, -0.2) is 41.8 Å². The van der Waals surface area contributed by atoms with Crippen LogP contribution in [0.1, 0.15) is 42.5 Å². The fourth-order valence-electron chi connectivity index (χ4n) is 4.53. The Hall–Kier alpha value is -5.12. The summed E-state index contributed by atoms with van der Waals surface area (Å²) < 4.78 is 8.53. The maximum atomic E-state index is 13.0. The van der Waals surface area contributed by atoms with Crippen molar-refractivity contribution in [3.8, 4) is 0 Å². The van der Waals surface area contributed by atoms with Gasteiger partial charge in [-0.1, -0.05) is 42.5 Å². The van der Waals surface area contributed by atoms with Gasteiger partial charge in [-0.3, -0.25) is 28.3 Å². The summed E-state index contributed by atoms with van der Waals surface area (Å²) >= 11 is 0. The molecular formula is C27H19N5O5. The fourth-order valence-corrected chi connectivity index (χ4v) is 4.53. The number of aryl methyl sites for hydroxylation is 1. The van der Waals surface area contributed by atoms with E-state index in [9.17, 15) is 19.2 Å². The minimum Gasteiger partial charge on any atom is -0.454 e. The Labute approximate surface area is 209 Å². The van der Waals surface area contributed by atoms with E-state index < -0.39 is 17.8 Å². The summed E-state index contributed by atoms with van der Waals surface area (Å²) in [5.41, 5.74) is 1.74. The van der Waals surface area contributed by atoms with Gasteiger partial charge in [-0.15, -0.1) is 10.2 Å². The molecule has 0 spiro atoms. The number of carbonyl (C=O) groups excluding carboxylic acids is 3. The lowest BCUT2D eigenvalue weighted by Crippen LogP contribution is -2.29. The van der Waals surface area contributed by atoms with E-state index in [0.717, 1.165) is 10.5 Å². The average Bonchev–Trinajstić information content (AvgIpc) is 3.46. The van der Waals surface area contributed by atoms with Crippen LogP contribution < -0.4 is 5.56 Å². The molecule has 0 atom stereocenters. The van der Waals surface area contributed by atoms with Crippen molar-refractivity contribution in [3.63, 3.8) is 0 Å². The van der Waals surface area contributed by atoms with Crippen LogP contribution in [0, 0.1) is 0 Å². The number of amides is 2. The highest BCUT2D eigenvalue weighted by atomic mass is 16.5. The predicted octanol–water partition coefficient (Wildman–Crippen LogP) is 2.73. The summed E-state index contributed by atoms with van der Waals surface area (Å²) in [5.74, 6) is -0.910. The van der Waals surface area contributed by atoms with Gasteiger partial charge >= 0.3 is 5.97 Å². The van der Waals surface area contributed by atoms with Crippen molar-refractivity contribution in [1.82, 2.24) is 24.1 Å². The van der Waals surface area contributed by atoms with Crippen LogP contribution in [0.15, 0.2) is 77.6 Å². The van der Waals surface area contributed by atoms with Crippen LogP contribution in [0.4, 0.5) is 0 Å². The number of para-hydroxylation sites is 1. The first kappa shape index (κ1) is 22.4. The highest BCUT2D eigenvalue weighted by Crippen LogP contribution is 2.26. The van der Waals surface area contributed by atoms with Gasteiger partial charge in [-0.2, -0.15) is 0 Å². The molecule has 0 bridgehead atoms. The standard InChI is InChI=1S/C27H19N5O5/c1-30-23(33)19-9-5-6-10-21(19)32-22(28-29-27(30)32)15-37-26(36)17-11-12-18-20(13-17)25(35)31(24(18)34)14-16-7-3-2-4-8-16/h2-13H,14-15H2,1H3. The number of carbonyl (C=O) groups is 3. The topological polar surface area (TPSA) is 116 Å². The maximum absolute atomic E-state index is 13.0. The van der Waals surface area contributed by atoms with Crippen LogP contribution in [0.5, 0.6) is 0 Å². The Kier molecular flexibility index (Phi) is 5.15. The molecular weight excluding hydrogens is 474 g/mol. The van der Waals surface area contributed by atoms with Crippen molar-refractivity contribution in [2.24, 2.45) is 7.05 Å². The first-order valence-corrected chi connectivity index (χ1v) is 11.5. The zero-order valence-corrected chi connectivity index (χ0v) is 19.6. The Balaban J connectivity index is 1.25. The second-order valence-corrected chi connectivity index (χ2v) is 8.65. The Bertz CT molecular complexity index is 1810. The van der Waals surface area contributed by atoms with Crippen molar-refractivity contribution < 1.29 is 19.1 Å². The summed E-state index contributed by atoms with van der Waals surface area (Å²) in [6, 6.07) is 20.5. The number of imide groups is 1. The monoisotopic (exact) mass is 493 g/mol. The molecule has 0 radical (unpaired) electrons. The number of hydrogen-bond acceptors (Lipinski definition) is 7. The van der Waals surface area contributed by atoms with Gasteiger partial charge in [0.15, 0.2) is 12.4 Å². The quantitative estimate of drug-likeness (QED) is 0.273. The van der Waals surface area contributed by atoms with E-state index in [4.69, 9.17) is 4.74 Å². The smallest absolute Gasteiger partial charge is 0.338 e. The number of ether oxygens (including phenoxy) is 1. The van der Waals surface area contributed by atoms with Crippen molar-refractivity contribution in [2.45, 2.75) is 13.2 Å². The number of rotatable bonds is 5. The molecule has 10 heteroatoms. The Morgan fingerprint density at radius 1 is 0.865 bits per heavy atom. The van der Waals surface area contributed by atoms with E-state index in [0.29, 0.717) is 22.5 Å². The largest absolute Gasteiger partial charge is 0.454 e. The lowest BCUT2D eigenvalue weighted by molar-refractivity contribution is 0.0461. The van der Waals surface area contributed by atoms with Gasteiger partial charge in [-0.25, -0.2) is 4.79 Å². The second kappa shape index (κ2) is 8.52. The molecule has 0 aliphatic carbocycles. The zero-order chi connectivity index (χ0) is 25.7. The predicted molar refractivity (Wildman–Crippen MR) is 132 cm³/mol. The molecule has 2 aromatic heterocycles. The van der Waals surface area contributed by atoms with Crippen LogP contribution in [0.25, 0.3) is 16.7 Å². The normalized spacial score (nSPS) is 12.9. The molecule has 3 heterocycles. The minimum absolute atomic E-state index is 0.132. The summed E-state index contributed by atoms with van der Waals surface area (Å²) in [6.45, 7) is -0.0737. The number of fused-ring (bicyclic) bond motifs is 4. The molecule has 2 amide bonds. The first-order valence-electron chi connectivity index (χ1n) is 11.5. The molecule has 0 N–H and O–H groups in total. The average molecular weight is 493 g/mol. The molecule has 0 fully saturated rings. The van der Waals surface area contributed by atoms with Gasteiger partial charge in [0.2, 0.25) is 5.78 Å². The number of aromatic nitrogens is 4. The summed E-state index contributed by atoms with van der Waals surface area (Å²) in [6.07, 6.45) is 0. The fraction of sp³-hybridized carbons (Fsp3) is 0.111. The van der Waals surface area contributed by atoms with E-state index in [-0.39, 0.29) is 35.4 Å². The lowest BCUT2D eigenvalue weighted by atomic mass is 10.1. The molecule has 10 nitrogen and oxygen atoms in total. The number of nitrogens with zero attached hydrogens (tertiary/aromatic N) is 5. The Morgan fingerprint density at radius 3 is 2.41 bits per heavy atom. The van der Waals surface area contributed by atoms with Gasteiger partial charge in [0.25, 0.3) is 17.4 Å². The SMILES string of the molecule is Cn1c(=O)c2ccccc2n2c(COC(=O)c3ccc4c(c3)C(=O)N(Cc3ccccc3)C4=O)nnc12. The van der Waals surface area contributed by atoms with E-state index in [1.54, 1.807) is 35.7 Å².